The van der Waals surface area contributed by atoms with Crippen molar-refractivity contribution in [3.63, 3.8) is 0 Å². The predicted molar refractivity (Wildman–Crippen MR) is 68.8 cm³/mol. The molecule has 18 heavy (non-hydrogen) atoms. The number of aromatic nitrogens is 2. The SMILES string of the molecule is Cc1cc2sc(NC(=O)c3ccco3)nc2cn1. The summed E-state index contributed by atoms with van der Waals surface area (Å²) in [4.78, 5) is 20.2. The first-order chi connectivity index (χ1) is 8.72. The van der Waals surface area contributed by atoms with Gasteiger partial charge in [-0.1, -0.05) is 11.3 Å². The van der Waals surface area contributed by atoms with Crippen LogP contribution in [0.1, 0.15) is 16.2 Å². The first kappa shape index (κ1) is 10.9. The summed E-state index contributed by atoms with van der Waals surface area (Å²) < 4.78 is 6.01. The van der Waals surface area contributed by atoms with Gasteiger partial charge in [-0.05, 0) is 25.1 Å². The van der Waals surface area contributed by atoms with Crippen LogP contribution in [0, 0.1) is 6.92 Å². The summed E-state index contributed by atoms with van der Waals surface area (Å²) in [7, 11) is 0. The molecule has 0 unspecified atom stereocenters. The summed E-state index contributed by atoms with van der Waals surface area (Å²) >= 11 is 1.41. The summed E-state index contributed by atoms with van der Waals surface area (Å²) in [6, 6.07) is 5.21. The molecule has 0 saturated carbocycles. The monoisotopic (exact) mass is 259 g/mol. The lowest BCUT2D eigenvalue weighted by molar-refractivity contribution is 0.0996. The van der Waals surface area contributed by atoms with Crippen LogP contribution in [0.3, 0.4) is 0 Å². The molecule has 3 rings (SSSR count). The Morgan fingerprint density at radius 3 is 3.17 bits per heavy atom. The van der Waals surface area contributed by atoms with Crippen molar-refractivity contribution in [1.82, 2.24) is 9.97 Å². The summed E-state index contributed by atoms with van der Waals surface area (Å²) in [5, 5.41) is 3.24. The van der Waals surface area contributed by atoms with E-state index >= 15 is 0 Å². The summed E-state index contributed by atoms with van der Waals surface area (Å²) in [6.45, 7) is 1.92. The molecule has 0 radical (unpaired) electrons. The van der Waals surface area contributed by atoms with Crippen molar-refractivity contribution in [3.8, 4) is 0 Å². The normalized spacial score (nSPS) is 10.7. The number of anilines is 1. The summed E-state index contributed by atoms with van der Waals surface area (Å²) in [5.74, 6) is -0.0349. The summed E-state index contributed by atoms with van der Waals surface area (Å²) in [5.41, 5.74) is 1.70. The number of hydrogen-bond donors (Lipinski definition) is 1. The summed E-state index contributed by atoms with van der Waals surface area (Å²) in [6.07, 6.45) is 3.16. The maximum Gasteiger partial charge on any atom is 0.293 e. The van der Waals surface area contributed by atoms with Crippen LogP contribution in [0.25, 0.3) is 10.2 Å². The van der Waals surface area contributed by atoms with Gasteiger partial charge in [0.15, 0.2) is 10.9 Å². The predicted octanol–water partition coefficient (Wildman–Crippen LogP) is 2.85. The van der Waals surface area contributed by atoms with Crippen LogP contribution < -0.4 is 5.32 Å². The highest BCUT2D eigenvalue weighted by Crippen LogP contribution is 2.26. The second-order valence-electron chi connectivity index (χ2n) is 3.74. The van der Waals surface area contributed by atoms with Crippen LogP contribution in [0.2, 0.25) is 0 Å². The number of pyridine rings is 1. The fraction of sp³-hybridized carbons (Fsp3) is 0.0833. The molecule has 0 saturated heterocycles. The number of carbonyl (C=O) groups is 1. The van der Waals surface area contributed by atoms with E-state index in [4.69, 9.17) is 4.42 Å². The Balaban J connectivity index is 1.89. The van der Waals surface area contributed by atoms with Gasteiger partial charge < -0.3 is 4.42 Å². The molecule has 0 spiro atoms. The zero-order valence-corrected chi connectivity index (χ0v) is 10.3. The van der Waals surface area contributed by atoms with Crippen molar-refractivity contribution >= 4 is 32.6 Å². The number of amides is 1. The molecule has 5 nitrogen and oxygen atoms in total. The van der Waals surface area contributed by atoms with Crippen LogP contribution >= 0.6 is 11.3 Å². The molecule has 0 bridgehead atoms. The van der Waals surface area contributed by atoms with Gasteiger partial charge in [0.05, 0.1) is 17.2 Å². The second-order valence-corrected chi connectivity index (χ2v) is 4.77. The van der Waals surface area contributed by atoms with Gasteiger partial charge in [0.2, 0.25) is 0 Å². The van der Waals surface area contributed by atoms with Crippen LogP contribution in [-0.4, -0.2) is 15.9 Å². The molecule has 3 aromatic heterocycles. The number of furan rings is 1. The van der Waals surface area contributed by atoms with Gasteiger partial charge >= 0.3 is 0 Å². The fourth-order valence-corrected chi connectivity index (χ4v) is 2.48. The van der Waals surface area contributed by atoms with Gasteiger partial charge in [0.1, 0.15) is 5.52 Å². The number of aryl methyl sites for hydroxylation is 1. The van der Waals surface area contributed by atoms with E-state index in [1.165, 1.54) is 17.6 Å². The van der Waals surface area contributed by atoms with Crippen molar-refractivity contribution in [2.75, 3.05) is 5.32 Å². The van der Waals surface area contributed by atoms with E-state index in [0.29, 0.717) is 5.13 Å². The Morgan fingerprint density at radius 2 is 2.39 bits per heavy atom. The highest BCUT2D eigenvalue weighted by molar-refractivity contribution is 7.22. The van der Waals surface area contributed by atoms with Crippen LogP contribution in [0.15, 0.2) is 35.1 Å². The Labute approximate surface area is 106 Å². The average molecular weight is 259 g/mol. The average Bonchev–Trinajstić information content (AvgIpc) is 2.95. The largest absolute Gasteiger partial charge is 0.459 e. The molecule has 90 valence electrons. The Hall–Kier alpha value is -2.21. The van der Waals surface area contributed by atoms with E-state index in [1.807, 2.05) is 13.0 Å². The Kier molecular flexibility index (Phi) is 2.56. The van der Waals surface area contributed by atoms with Crippen molar-refractivity contribution in [1.29, 1.82) is 0 Å². The molecule has 3 heterocycles. The smallest absolute Gasteiger partial charge is 0.293 e. The molecule has 0 aliphatic rings. The van der Waals surface area contributed by atoms with Crippen molar-refractivity contribution in [3.05, 3.63) is 42.1 Å². The molecule has 0 aliphatic heterocycles. The number of hydrogen-bond acceptors (Lipinski definition) is 5. The zero-order chi connectivity index (χ0) is 12.5. The van der Waals surface area contributed by atoms with Gasteiger partial charge in [0, 0.05) is 5.69 Å². The second kappa shape index (κ2) is 4.23. The van der Waals surface area contributed by atoms with E-state index < -0.39 is 0 Å². The number of thiazole rings is 1. The first-order valence-electron chi connectivity index (χ1n) is 5.30. The first-order valence-corrected chi connectivity index (χ1v) is 6.12. The molecule has 1 amide bonds. The Morgan fingerprint density at radius 1 is 1.50 bits per heavy atom. The lowest BCUT2D eigenvalue weighted by atomic mass is 10.4. The van der Waals surface area contributed by atoms with E-state index in [1.54, 1.807) is 18.3 Å². The van der Waals surface area contributed by atoms with Crippen LogP contribution in [0.5, 0.6) is 0 Å². The number of nitrogens with zero attached hydrogens (tertiary/aromatic N) is 2. The molecular weight excluding hydrogens is 250 g/mol. The topological polar surface area (TPSA) is 68.0 Å². The molecule has 6 heteroatoms. The van der Waals surface area contributed by atoms with Crippen LogP contribution in [-0.2, 0) is 0 Å². The van der Waals surface area contributed by atoms with E-state index in [-0.39, 0.29) is 11.7 Å². The van der Waals surface area contributed by atoms with Gasteiger partial charge in [-0.3, -0.25) is 15.1 Å². The van der Waals surface area contributed by atoms with Gasteiger partial charge in [-0.15, -0.1) is 0 Å². The molecule has 0 aromatic carbocycles. The fourth-order valence-electron chi connectivity index (χ4n) is 1.55. The lowest BCUT2D eigenvalue weighted by Crippen LogP contribution is -2.10. The Bertz CT molecular complexity index is 703. The third kappa shape index (κ3) is 1.98. The van der Waals surface area contributed by atoms with Crippen molar-refractivity contribution in [2.24, 2.45) is 0 Å². The number of carbonyl (C=O) groups excluding carboxylic acids is 1. The molecule has 0 atom stereocenters. The van der Waals surface area contributed by atoms with Gasteiger partial charge in [-0.2, -0.15) is 0 Å². The minimum absolute atomic E-state index is 0.267. The van der Waals surface area contributed by atoms with E-state index in [0.717, 1.165) is 15.9 Å². The molecule has 0 fully saturated rings. The maximum atomic E-state index is 11.8. The quantitative estimate of drug-likeness (QED) is 0.768. The molecule has 3 aromatic rings. The minimum Gasteiger partial charge on any atom is -0.459 e. The third-order valence-corrected chi connectivity index (χ3v) is 3.31. The molecule has 0 aliphatic carbocycles. The van der Waals surface area contributed by atoms with E-state index in [2.05, 4.69) is 15.3 Å². The third-order valence-electron chi connectivity index (χ3n) is 2.38. The number of nitrogens with one attached hydrogen (secondary N) is 1. The van der Waals surface area contributed by atoms with Crippen molar-refractivity contribution < 1.29 is 9.21 Å². The zero-order valence-electron chi connectivity index (χ0n) is 9.51. The molecular formula is C12H9N3O2S. The van der Waals surface area contributed by atoms with Gasteiger partial charge in [0.25, 0.3) is 5.91 Å². The van der Waals surface area contributed by atoms with Crippen molar-refractivity contribution in [2.45, 2.75) is 6.92 Å². The number of rotatable bonds is 2. The van der Waals surface area contributed by atoms with Gasteiger partial charge in [-0.25, -0.2) is 4.98 Å². The minimum atomic E-state index is -0.302. The maximum absolute atomic E-state index is 11.8. The highest BCUT2D eigenvalue weighted by Gasteiger charge is 2.11. The molecule has 1 N–H and O–H groups in total. The van der Waals surface area contributed by atoms with E-state index in [9.17, 15) is 4.79 Å². The highest BCUT2D eigenvalue weighted by atomic mass is 32.1. The number of fused-ring (bicyclic) bond motifs is 1. The standard InChI is InChI=1S/C12H9N3O2S/c1-7-5-10-8(6-13-7)14-12(18-10)15-11(16)9-3-2-4-17-9/h2-6H,1H3,(H,14,15,16). The van der Waals surface area contributed by atoms with Crippen LogP contribution in [0.4, 0.5) is 5.13 Å². The lowest BCUT2D eigenvalue weighted by Gasteiger charge is -1.96.